The highest BCUT2D eigenvalue weighted by atomic mass is 32.1. The molecule has 4 nitrogen and oxygen atoms in total. The largest absolute Gasteiger partial charge is 0.462 e. The van der Waals surface area contributed by atoms with Crippen LogP contribution in [0.1, 0.15) is 69.2 Å². The van der Waals surface area contributed by atoms with Crippen molar-refractivity contribution < 1.29 is 14.3 Å². The third kappa shape index (κ3) is 5.06. The van der Waals surface area contributed by atoms with Crippen LogP contribution >= 0.6 is 11.3 Å². The molecule has 0 atom stereocenters. The topological polar surface area (TPSA) is 55.4 Å². The second-order valence-electron chi connectivity index (χ2n) is 6.23. The molecule has 5 heteroatoms. The standard InChI is InChI=1S/C18H27NO3S/c1-3-5-6-13-7-9-14(10-8-13)16(20)19-17-15(11-12-23-17)18(21)22-4-2/h11-14H,3-10H2,1-2H3,(H,19,20). The summed E-state index contributed by atoms with van der Waals surface area (Å²) in [5.74, 6) is 0.542. The molecule has 2 rings (SSSR count). The minimum absolute atomic E-state index is 0.0481. The van der Waals surface area contributed by atoms with Gasteiger partial charge in [-0.3, -0.25) is 4.79 Å². The van der Waals surface area contributed by atoms with E-state index in [-0.39, 0.29) is 17.8 Å². The number of unbranched alkanes of at least 4 members (excludes halogenated alkanes) is 1. The van der Waals surface area contributed by atoms with Crippen LogP contribution < -0.4 is 5.32 Å². The number of esters is 1. The van der Waals surface area contributed by atoms with Crippen LogP contribution in [0.25, 0.3) is 0 Å². The van der Waals surface area contributed by atoms with E-state index in [2.05, 4.69) is 12.2 Å². The molecular formula is C18H27NO3S. The minimum Gasteiger partial charge on any atom is -0.462 e. The molecular weight excluding hydrogens is 310 g/mol. The lowest BCUT2D eigenvalue weighted by molar-refractivity contribution is -0.121. The Kier molecular flexibility index (Phi) is 7.09. The Morgan fingerprint density at radius 3 is 2.65 bits per heavy atom. The van der Waals surface area contributed by atoms with E-state index in [1.54, 1.807) is 13.0 Å². The molecule has 0 unspecified atom stereocenters. The molecule has 0 bridgehead atoms. The Labute approximate surface area is 142 Å². The van der Waals surface area contributed by atoms with Crippen LogP contribution in [0, 0.1) is 11.8 Å². The summed E-state index contributed by atoms with van der Waals surface area (Å²) >= 11 is 1.37. The van der Waals surface area contributed by atoms with Crippen molar-refractivity contribution in [2.75, 3.05) is 11.9 Å². The number of carbonyl (C=O) groups is 2. The average Bonchev–Trinajstić information content (AvgIpc) is 3.01. The molecule has 0 radical (unpaired) electrons. The van der Waals surface area contributed by atoms with Gasteiger partial charge in [0.05, 0.1) is 12.2 Å². The normalized spacial score (nSPS) is 21.0. The smallest absolute Gasteiger partial charge is 0.341 e. The van der Waals surface area contributed by atoms with E-state index >= 15 is 0 Å². The highest BCUT2D eigenvalue weighted by Crippen LogP contribution is 2.33. The maximum Gasteiger partial charge on any atom is 0.341 e. The third-order valence-electron chi connectivity index (χ3n) is 4.58. The first-order valence-electron chi connectivity index (χ1n) is 8.71. The monoisotopic (exact) mass is 337 g/mol. The van der Waals surface area contributed by atoms with Gasteiger partial charge in [-0.05, 0) is 50.0 Å². The van der Waals surface area contributed by atoms with Crippen LogP contribution in [0.5, 0.6) is 0 Å². The van der Waals surface area contributed by atoms with Crippen molar-refractivity contribution in [3.05, 3.63) is 17.0 Å². The predicted octanol–water partition coefficient (Wildman–Crippen LogP) is 4.86. The Balaban J connectivity index is 1.86. The zero-order valence-electron chi connectivity index (χ0n) is 14.1. The second-order valence-corrected chi connectivity index (χ2v) is 7.15. The SMILES string of the molecule is CCCCC1CCC(C(=O)Nc2sccc2C(=O)OCC)CC1. The second kappa shape index (κ2) is 9.06. The summed E-state index contributed by atoms with van der Waals surface area (Å²) in [6.07, 6.45) is 8.04. The highest BCUT2D eigenvalue weighted by molar-refractivity contribution is 7.14. The van der Waals surface area contributed by atoms with E-state index in [9.17, 15) is 9.59 Å². The van der Waals surface area contributed by atoms with E-state index in [4.69, 9.17) is 4.74 Å². The van der Waals surface area contributed by atoms with Gasteiger partial charge in [0, 0.05) is 5.92 Å². The molecule has 0 spiro atoms. The van der Waals surface area contributed by atoms with E-state index in [0.717, 1.165) is 31.6 Å². The van der Waals surface area contributed by atoms with Gasteiger partial charge < -0.3 is 10.1 Å². The molecule has 1 aromatic rings. The Hall–Kier alpha value is -1.36. The Morgan fingerprint density at radius 2 is 2.00 bits per heavy atom. The van der Waals surface area contributed by atoms with E-state index in [1.165, 1.54) is 30.6 Å². The van der Waals surface area contributed by atoms with Gasteiger partial charge in [0.25, 0.3) is 0 Å². The number of thiophene rings is 1. The number of rotatable bonds is 7. The third-order valence-corrected chi connectivity index (χ3v) is 5.41. The number of carbonyl (C=O) groups excluding carboxylic acids is 2. The van der Waals surface area contributed by atoms with Crippen molar-refractivity contribution in [2.24, 2.45) is 11.8 Å². The van der Waals surface area contributed by atoms with Gasteiger partial charge in [0.2, 0.25) is 5.91 Å². The summed E-state index contributed by atoms with van der Waals surface area (Å²) in [6, 6.07) is 1.71. The first kappa shape index (κ1) is 18.0. The molecule has 1 heterocycles. The van der Waals surface area contributed by atoms with Gasteiger partial charge in [0.1, 0.15) is 5.00 Å². The summed E-state index contributed by atoms with van der Waals surface area (Å²) in [5.41, 5.74) is 0.460. The lowest BCUT2D eigenvalue weighted by Gasteiger charge is -2.27. The highest BCUT2D eigenvalue weighted by Gasteiger charge is 2.27. The number of ether oxygens (including phenoxy) is 1. The minimum atomic E-state index is -0.368. The molecule has 128 valence electrons. The summed E-state index contributed by atoms with van der Waals surface area (Å²) in [5, 5.41) is 5.36. The molecule has 0 aromatic carbocycles. The number of hydrogen-bond donors (Lipinski definition) is 1. The zero-order valence-corrected chi connectivity index (χ0v) is 14.9. The predicted molar refractivity (Wildman–Crippen MR) is 93.9 cm³/mol. The number of hydrogen-bond acceptors (Lipinski definition) is 4. The quantitative estimate of drug-likeness (QED) is 0.723. The van der Waals surface area contributed by atoms with Crippen LogP contribution in [0.15, 0.2) is 11.4 Å². The Morgan fingerprint density at radius 1 is 1.26 bits per heavy atom. The van der Waals surface area contributed by atoms with E-state index in [1.807, 2.05) is 5.38 Å². The first-order chi connectivity index (χ1) is 11.2. The van der Waals surface area contributed by atoms with Crippen molar-refractivity contribution in [3.8, 4) is 0 Å². The molecule has 1 aliphatic carbocycles. The van der Waals surface area contributed by atoms with Gasteiger partial charge in [0.15, 0.2) is 0 Å². The van der Waals surface area contributed by atoms with Crippen LogP contribution in [-0.2, 0) is 9.53 Å². The van der Waals surface area contributed by atoms with Crippen molar-refractivity contribution in [1.82, 2.24) is 0 Å². The maximum absolute atomic E-state index is 12.5. The number of anilines is 1. The average molecular weight is 337 g/mol. The van der Waals surface area contributed by atoms with Gasteiger partial charge in [-0.15, -0.1) is 11.3 Å². The molecule has 0 saturated heterocycles. The molecule has 1 N–H and O–H groups in total. The Bertz CT molecular complexity index is 518. The summed E-state index contributed by atoms with van der Waals surface area (Å²) in [7, 11) is 0. The summed E-state index contributed by atoms with van der Waals surface area (Å²) in [4.78, 5) is 24.3. The summed E-state index contributed by atoms with van der Waals surface area (Å²) in [6.45, 7) is 4.34. The molecule has 23 heavy (non-hydrogen) atoms. The van der Waals surface area contributed by atoms with Gasteiger partial charge in [-0.2, -0.15) is 0 Å². The molecule has 1 aliphatic rings. The van der Waals surface area contributed by atoms with Crippen molar-refractivity contribution in [1.29, 1.82) is 0 Å². The van der Waals surface area contributed by atoms with Crippen molar-refractivity contribution in [3.63, 3.8) is 0 Å². The van der Waals surface area contributed by atoms with Crippen molar-refractivity contribution in [2.45, 2.75) is 58.8 Å². The number of amides is 1. The van der Waals surface area contributed by atoms with Crippen LogP contribution in [-0.4, -0.2) is 18.5 Å². The zero-order chi connectivity index (χ0) is 16.7. The van der Waals surface area contributed by atoms with E-state index in [0.29, 0.717) is 17.2 Å². The lowest BCUT2D eigenvalue weighted by Crippen LogP contribution is -2.27. The number of nitrogens with one attached hydrogen (secondary N) is 1. The summed E-state index contributed by atoms with van der Waals surface area (Å²) < 4.78 is 5.02. The van der Waals surface area contributed by atoms with Gasteiger partial charge in [-0.25, -0.2) is 4.79 Å². The van der Waals surface area contributed by atoms with Crippen LogP contribution in [0.3, 0.4) is 0 Å². The molecule has 1 fully saturated rings. The molecule has 1 saturated carbocycles. The fourth-order valence-corrected chi connectivity index (χ4v) is 3.97. The van der Waals surface area contributed by atoms with Crippen LogP contribution in [0.2, 0.25) is 0 Å². The molecule has 0 aliphatic heterocycles. The van der Waals surface area contributed by atoms with Gasteiger partial charge in [-0.1, -0.05) is 26.2 Å². The fraction of sp³-hybridized carbons (Fsp3) is 0.667. The molecule has 1 aromatic heterocycles. The first-order valence-corrected chi connectivity index (χ1v) is 9.59. The van der Waals surface area contributed by atoms with E-state index < -0.39 is 0 Å². The van der Waals surface area contributed by atoms with Crippen molar-refractivity contribution >= 4 is 28.2 Å². The molecule has 1 amide bonds. The van der Waals surface area contributed by atoms with Gasteiger partial charge >= 0.3 is 5.97 Å². The lowest BCUT2D eigenvalue weighted by atomic mass is 9.79. The fourth-order valence-electron chi connectivity index (χ4n) is 3.20. The maximum atomic E-state index is 12.5. The van der Waals surface area contributed by atoms with Crippen LogP contribution in [0.4, 0.5) is 5.00 Å².